The topological polar surface area (TPSA) is 55.4 Å². The van der Waals surface area contributed by atoms with Gasteiger partial charge in [-0.15, -0.1) is 0 Å². The molecule has 2 aromatic rings. The minimum atomic E-state index is -0.653. The molecule has 0 aliphatic rings. The number of nitrogens with one attached hydrogen (secondary N) is 1. The molecule has 0 aliphatic carbocycles. The van der Waals surface area contributed by atoms with Crippen molar-refractivity contribution < 1.29 is 14.3 Å². The fourth-order valence-electron chi connectivity index (χ4n) is 2.52. The minimum Gasteiger partial charge on any atom is -0.481 e. The lowest BCUT2D eigenvalue weighted by Gasteiger charge is -2.19. The highest BCUT2D eigenvalue weighted by Gasteiger charge is 2.18. The molecule has 1 atom stereocenters. The number of carbonyl (C=O) groups excluding carboxylic acids is 2. The first-order valence-corrected chi connectivity index (χ1v) is 8.47. The summed E-state index contributed by atoms with van der Waals surface area (Å²) >= 11 is 0. The summed E-state index contributed by atoms with van der Waals surface area (Å²) in [4.78, 5) is 23.9. The highest BCUT2D eigenvalue weighted by molar-refractivity contribution is 5.98. The minimum absolute atomic E-state index is 0.0401. The van der Waals surface area contributed by atoms with Gasteiger partial charge in [0, 0.05) is 11.3 Å². The summed E-state index contributed by atoms with van der Waals surface area (Å²) in [5.74, 6) is 0.742. The number of ether oxygens (including phenoxy) is 1. The third kappa shape index (κ3) is 4.92. The largest absolute Gasteiger partial charge is 0.481 e. The van der Waals surface area contributed by atoms with E-state index >= 15 is 0 Å². The number of amides is 1. The van der Waals surface area contributed by atoms with Gasteiger partial charge in [-0.3, -0.25) is 9.59 Å². The molecule has 0 bridgehead atoms. The molecule has 0 fully saturated rings. The van der Waals surface area contributed by atoms with Gasteiger partial charge in [0.25, 0.3) is 5.91 Å². The smallest absolute Gasteiger partial charge is 0.265 e. The highest BCUT2D eigenvalue weighted by atomic mass is 16.5. The number of anilines is 1. The van der Waals surface area contributed by atoms with Crippen molar-refractivity contribution in [2.45, 2.75) is 46.6 Å². The third-order valence-corrected chi connectivity index (χ3v) is 4.00. The lowest BCUT2D eigenvalue weighted by molar-refractivity contribution is -0.122. The van der Waals surface area contributed by atoms with E-state index < -0.39 is 6.10 Å². The summed E-state index contributed by atoms with van der Waals surface area (Å²) in [5, 5.41) is 2.80. The molecule has 0 saturated heterocycles. The van der Waals surface area contributed by atoms with Gasteiger partial charge in [0.05, 0.1) is 0 Å². The summed E-state index contributed by atoms with van der Waals surface area (Å²) in [6, 6.07) is 12.9. The van der Waals surface area contributed by atoms with E-state index in [1.165, 1.54) is 6.92 Å². The van der Waals surface area contributed by atoms with Crippen LogP contribution in [0.4, 0.5) is 5.69 Å². The molecule has 2 aromatic carbocycles. The summed E-state index contributed by atoms with van der Waals surface area (Å²) in [6.45, 7) is 9.40. The molecule has 1 amide bonds. The lowest BCUT2D eigenvalue weighted by atomic mass is 10.0. The zero-order valence-electron chi connectivity index (χ0n) is 15.4. The molecular weight excluding hydrogens is 314 g/mol. The number of Topliss-reactive ketones (excluding diaryl/α,β-unsaturated/α-hetero) is 1. The second-order valence-electron chi connectivity index (χ2n) is 6.58. The normalized spacial score (nSPS) is 11.9. The molecule has 25 heavy (non-hydrogen) atoms. The van der Waals surface area contributed by atoms with Crippen molar-refractivity contribution in [1.82, 2.24) is 0 Å². The average Bonchev–Trinajstić information content (AvgIpc) is 2.54. The summed E-state index contributed by atoms with van der Waals surface area (Å²) in [6.07, 6.45) is -0.653. The van der Waals surface area contributed by atoms with Gasteiger partial charge >= 0.3 is 0 Å². The fraction of sp³-hybridized carbons (Fsp3) is 0.333. The molecule has 1 unspecified atom stereocenters. The van der Waals surface area contributed by atoms with Crippen LogP contribution in [0.2, 0.25) is 0 Å². The molecule has 0 saturated carbocycles. The van der Waals surface area contributed by atoms with E-state index in [9.17, 15) is 9.59 Å². The summed E-state index contributed by atoms with van der Waals surface area (Å²) < 4.78 is 5.92. The van der Waals surface area contributed by atoms with Crippen LogP contribution in [0.1, 0.15) is 55.1 Å². The van der Waals surface area contributed by atoms with Gasteiger partial charge in [0.15, 0.2) is 11.9 Å². The van der Waals surface area contributed by atoms with Crippen molar-refractivity contribution in [3.63, 3.8) is 0 Å². The Labute approximate surface area is 149 Å². The number of rotatable bonds is 6. The van der Waals surface area contributed by atoms with Crippen molar-refractivity contribution in [3.05, 3.63) is 59.2 Å². The fourth-order valence-corrected chi connectivity index (χ4v) is 2.52. The first kappa shape index (κ1) is 18.7. The van der Waals surface area contributed by atoms with Crippen molar-refractivity contribution in [1.29, 1.82) is 0 Å². The monoisotopic (exact) mass is 339 g/mol. The second kappa shape index (κ2) is 7.97. The highest BCUT2D eigenvalue weighted by Crippen LogP contribution is 2.28. The number of carbonyl (C=O) groups is 2. The number of hydrogen-bond donors (Lipinski definition) is 1. The van der Waals surface area contributed by atoms with Crippen molar-refractivity contribution in [3.8, 4) is 5.75 Å². The molecule has 0 heterocycles. The molecule has 2 rings (SSSR count). The van der Waals surface area contributed by atoms with Crippen LogP contribution < -0.4 is 10.1 Å². The maximum Gasteiger partial charge on any atom is 0.265 e. The van der Waals surface area contributed by atoms with Crippen molar-refractivity contribution in [2.75, 3.05) is 5.32 Å². The van der Waals surface area contributed by atoms with E-state index in [1.54, 1.807) is 31.2 Å². The zero-order valence-corrected chi connectivity index (χ0v) is 15.4. The van der Waals surface area contributed by atoms with Gasteiger partial charge < -0.3 is 10.1 Å². The van der Waals surface area contributed by atoms with Crippen molar-refractivity contribution >= 4 is 17.4 Å². The predicted molar refractivity (Wildman–Crippen MR) is 100 cm³/mol. The number of aryl methyl sites for hydroxylation is 1. The van der Waals surface area contributed by atoms with E-state index in [4.69, 9.17) is 4.74 Å². The van der Waals surface area contributed by atoms with Gasteiger partial charge in [-0.1, -0.05) is 38.1 Å². The van der Waals surface area contributed by atoms with Crippen LogP contribution in [0, 0.1) is 6.92 Å². The Morgan fingerprint density at radius 3 is 2.40 bits per heavy atom. The van der Waals surface area contributed by atoms with Gasteiger partial charge in [-0.05, 0) is 56.0 Å². The van der Waals surface area contributed by atoms with Crippen LogP contribution >= 0.6 is 0 Å². The number of ketones is 1. The second-order valence-corrected chi connectivity index (χ2v) is 6.58. The van der Waals surface area contributed by atoms with Crippen LogP contribution in [0.3, 0.4) is 0 Å². The third-order valence-electron chi connectivity index (χ3n) is 4.00. The molecule has 0 aliphatic heterocycles. The van der Waals surface area contributed by atoms with Crippen LogP contribution in [0.5, 0.6) is 5.75 Å². The molecule has 4 heteroatoms. The summed E-state index contributed by atoms with van der Waals surface area (Å²) in [7, 11) is 0. The lowest BCUT2D eigenvalue weighted by Crippen LogP contribution is -2.30. The molecular formula is C21H25NO3. The average molecular weight is 339 g/mol. The Kier molecular flexibility index (Phi) is 5.97. The molecule has 0 aromatic heterocycles. The predicted octanol–water partition coefficient (Wildman–Crippen LogP) is 4.73. The number of benzene rings is 2. The van der Waals surface area contributed by atoms with Crippen LogP contribution in [0.25, 0.3) is 0 Å². The van der Waals surface area contributed by atoms with E-state index in [1.807, 2.05) is 25.1 Å². The van der Waals surface area contributed by atoms with Gasteiger partial charge in [0.2, 0.25) is 0 Å². The molecule has 4 nitrogen and oxygen atoms in total. The van der Waals surface area contributed by atoms with Crippen LogP contribution in [-0.4, -0.2) is 17.8 Å². The maximum absolute atomic E-state index is 12.4. The standard InChI is InChI=1S/C21H25NO3/c1-13(2)19-10-9-14(3)11-20(19)25-16(5)21(24)22-18-8-6-7-17(12-18)15(4)23/h6-13,16H,1-5H3,(H,22,24). The Morgan fingerprint density at radius 1 is 1.04 bits per heavy atom. The Morgan fingerprint density at radius 2 is 1.76 bits per heavy atom. The van der Waals surface area contributed by atoms with Gasteiger partial charge in [0.1, 0.15) is 5.75 Å². The van der Waals surface area contributed by atoms with Gasteiger partial charge in [-0.25, -0.2) is 0 Å². The van der Waals surface area contributed by atoms with Gasteiger partial charge in [-0.2, -0.15) is 0 Å². The SMILES string of the molecule is CC(=O)c1cccc(NC(=O)C(C)Oc2cc(C)ccc2C(C)C)c1. The maximum atomic E-state index is 12.4. The first-order chi connectivity index (χ1) is 11.8. The van der Waals surface area contributed by atoms with E-state index in [-0.39, 0.29) is 11.7 Å². The van der Waals surface area contributed by atoms with E-state index in [0.717, 1.165) is 16.9 Å². The Bertz CT molecular complexity index is 780. The van der Waals surface area contributed by atoms with Crippen molar-refractivity contribution in [2.24, 2.45) is 0 Å². The van der Waals surface area contributed by atoms with E-state index in [0.29, 0.717) is 17.2 Å². The zero-order chi connectivity index (χ0) is 18.6. The number of hydrogen-bond acceptors (Lipinski definition) is 3. The molecule has 0 radical (unpaired) electrons. The Balaban J connectivity index is 2.12. The first-order valence-electron chi connectivity index (χ1n) is 8.47. The quantitative estimate of drug-likeness (QED) is 0.774. The van der Waals surface area contributed by atoms with Crippen LogP contribution in [-0.2, 0) is 4.79 Å². The Hall–Kier alpha value is -2.62. The molecule has 1 N–H and O–H groups in total. The molecule has 0 spiro atoms. The van der Waals surface area contributed by atoms with Crippen LogP contribution in [0.15, 0.2) is 42.5 Å². The molecule has 132 valence electrons. The van der Waals surface area contributed by atoms with E-state index in [2.05, 4.69) is 19.2 Å². The summed E-state index contributed by atoms with van der Waals surface area (Å²) in [5.41, 5.74) is 3.30.